The van der Waals surface area contributed by atoms with Gasteiger partial charge in [-0.05, 0) is 55.4 Å². The van der Waals surface area contributed by atoms with E-state index in [2.05, 4.69) is 53.0 Å². The number of ether oxygens (including phenoxy) is 2. The molecule has 0 amide bonds. The molecule has 1 saturated heterocycles. The largest absolute Gasteiger partial charge is 0.347 e. The summed E-state index contributed by atoms with van der Waals surface area (Å²) in [5.41, 5.74) is 0.779. The van der Waals surface area contributed by atoms with Crippen LogP contribution >= 0.6 is 0 Å². The first-order chi connectivity index (χ1) is 13.1. The molecule has 1 atom stereocenters. The Morgan fingerprint density at radius 1 is 1.11 bits per heavy atom. The predicted molar refractivity (Wildman–Crippen MR) is 120 cm³/mol. The van der Waals surface area contributed by atoms with Gasteiger partial charge in [0.25, 0.3) is 0 Å². The summed E-state index contributed by atoms with van der Waals surface area (Å²) in [6, 6.07) is 0. The van der Waals surface area contributed by atoms with Crippen LogP contribution < -0.4 is 0 Å². The Morgan fingerprint density at radius 3 is 2.36 bits per heavy atom. The molecule has 0 aromatic rings. The van der Waals surface area contributed by atoms with Crippen LogP contribution in [0.3, 0.4) is 0 Å². The molecule has 0 radical (unpaired) electrons. The first-order valence-electron chi connectivity index (χ1n) is 11.7. The van der Waals surface area contributed by atoms with Crippen molar-refractivity contribution in [3.8, 4) is 0 Å². The van der Waals surface area contributed by atoms with Gasteiger partial charge >= 0.3 is 0 Å². The standard InChI is InChI=1S/C25H47NO2/c1-8-10-17-26(16-9-2)18-13-22-19-27-25(28-22)14-11-21(12-15-25)24(6,7)20-23(3,4)5/h9,21-22H,2,8,10-20H2,1,3-7H3. The summed E-state index contributed by atoms with van der Waals surface area (Å²) in [4.78, 5) is 2.50. The Morgan fingerprint density at radius 2 is 1.79 bits per heavy atom. The molecule has 1 aliphatic heterocycles. The third-order valence-electron chi connectivity index (χ3n) is 6.73. The highest BCUT2D eigenvalue weighted by Gasteiger charge is 2.47. The molecule has 1 aliphatic carbocycles. The van der Waals surface area contributed by atoms with Gasteiger partial charge in [-0.1, -0.05) is 54.0 Å². The second-order valence-electron chi connectivity index (χ2n) is 11.2. The fourth-order valence-electron chi connectivity index (χ4n) is 5.56. The van der Waals surface area contributed by atoms with E-state index in [1.807, 2.05) is 6.08 Å². The van der Waals surface area contributed by atoms with Crippen molar-refractivity contribution in [3.63, 3.8) is 0 Å². The van der Waals surface area contributed by atoms with Crippen LogP contribution in [0.15, 0.2) is 12.7 Å². The predicted octanol–water partition coefficient (Wildman–Crippen LogP) is 6.43. The van der Waals surface area contributed by atoms with Crippen LogP contribution in [0, 0.1) is 16.7 Å². The molecule has 0 bridgehead atoms. The molecule has 3 heteroatoms. The van der Waals surface area contributed by atoms with Gasteiger partial charge in [-0.25, -0.2) is 0 Å². The highest BCUT2D eigenvalue weighted by Crippen LogP contribution is 2.49. The van der Waals surface area contributed by atoms with Crippen molar-refractivity contribution in [2.24, 2.45) is 16.7 Å². The monoisotopic (exact) mass is 393 g/mol. The summed E-state index contributed by atoms with van der Waals surface area (Å²) < 4.78 is 12.8. The Balaban J connectivity index is 1.79. The second-order valence-corrected chi connectivity index (χ2v) is 11.2. The average molecular weight is 394 g/mol. The van der Waals surface area contributed by atoms with Crippen molar-refractivity contribution in [3.05, 3.63) is 12.7 Å². The minimum absolute atomic E-state index is 0.257. The van der Waals surface area contributed by atoms with Crippen molar-refractivity contribution < 1.29 is 9.47 Å². The Bertz CT molecular complexity index is 471. The molecule has 1 unspecified atom stereocenters. The molecule has 0 aromatic heterocycles. The van der Waals surface area contributed by atoms with Crippen molar-refractivity contribution in [2.75, 3.05) is 26.2 Å². The first-order valence-corrected chi connectivity index (χ1v) is 11.7. The van der Waals surface area contributed by atoms with Crippen LogP contribution in [0.5, 0.6) is 0 Å². The van der Waals surface area contributed by atoms with Gasteiger partial charge in [-0.3, -0.25) is 4.90 Å². The van der Waals surface area contributed by atoms with Crippen LogP contribution in [0.25, 0.3) is 0 Å². The van der Waals surface area contributed by atoms with Crippen LogP contribution in [0.2, 0.25) is 0 Å². The molecule has 2 aliphatic rings. The topological polar surface area (TPSA) is 21.7 Å². The van der Waals surface area contributed by atoms with Crippen LogP contribution in [0.1, 0.15) is 92.9 Å². The summed E-state index contributed by atoms with van der Waals surface area (Å²) in [5.74, 6) is 0.492. The fraction of sp³-hybridized carbons (Fsp3) is 0.920. The maximum Gasteiger partial charge on any atom is 0.168 e. The SMILES string of the molecule is C=CCN(CCCC)CCC1COC2(CCC(C(C)(C)CC(C)(C)C)CC2)O1. The van der Waals surface area contributed by atoms with Crippen molar-refractivity contribution in [1.29, 1.82) is 0 Å². The Kier molecular flexibility index (Phi) is 8.61. The summed E-state index contributed by atoms with van der Waals surface area (Å²) in [7, 11) is 0. The summed E-state index contributed by atoms with van der Waals surface area (Å²) in [6.07, 6.45) is 11.7. The number of rotatable bonds is 10. The van der Waals surface area contributed by atoms with Gasteiger partial charge in [-0.2, -0.15) is 0 Å². The molecule has 164 valence electrons. The van der Waals surface area contributed by atoms with E-state index < -0.39 is 0 Å². The zero-order valence-electron chi connectivity index (χ0n) is 19.7. The number of nitrogens with zero attached hydrogens (tertiary/aromatic N) is 1. The highest BCUT2D eigenvalue weighted by atomic mass is 16.7. The van der Waals surface area contributed by atoms with Gasteiger partial charge in [0.05, 0.1) is 12.7 Å². The summed E-state index contributed by atoms with van der Waals surface area (Å²) >= 11 is 0. The van der Waals surface area contributed by atoms with E-state index in [1.165, 1.54) is 32.1 Å². The minimum atomic E-state index is -0.286. The lowest BCUT2D eigenvalue weighted by Crippen LogP contribution is -2.40. The molecule has 1 spiro atoms. The van der Waals surface area contributed by atoms with Crippen LogP contribution in [-0.2, 0) is 9.47 Å². The molecule has 3 nitrogen and oxygen atoms in total. The normalized spacial score (nSPS) is 29.0. The molecule has 0 aromatic carbocycles. The fourth-order valence-corrected chi connectivity index (χ4v) is 5.56. The number of hydrogen-bond donors (Lipinski definition) is 0. The number of unbranched alkanes of at least 4 members (excludes halogenated alkanes) is 1. The third-order valence-corrected chi connectivity index (χ3v) is 6.73. The lowest BCUT2D eigenvalue weighted by atomic mass is 9.64. The van der Waals surface area contributed by atoms with Crippen LogP contribution in [-0.4, -0.2) is 43.0 Å². The van der Waals surface area contributed by atoms with E-state index in [0.717, 1.165) is 51.4 Å². The van der Waals surface area contributed by atoms with E-state index in [9.17, 15) is 0 Å². The van der Waals surface area contributed by atoms with E-state index in [4.69, 9.17) is 9.47 Å². The first kappa shape index (κ1) is 23.9. The van der Waals surface area contributed by atoms with Gasteiger partial charge in [-0.15, -0.1) is 6.58 Å². The Labute approximate surface area is 175 Å². The molecule has 2 rings (SSSR count). The van der Waals surface area contributed by atoms with E-state index in [1.54, 1.807) is 0 Å². The van der Waals surface area contributed by atoms with Gasteiger partial charge < -0.3 is 9.47 Å². The quantitative estimate of drug-likeness (QED) is 0.399. The van der Waals surface area contributed by atoms with Crippen molar-refractivity contribution in [1.82, 2.24) is 4.90 Å². The Hall–Kier alpha value is -0.380. The van der Waals surface area contributed by atoms with Gasteiger partial charge in [0.2, 0.25) is 0 Å². The third kappa shape index (κ3) is 7.15. The average Bonchev–Trinajstić information content (AvgIpc) is 2.98. The zero-order chi connectivity index (χ0) is 20.8. The highest BCUT2D eigenvalue weighted by molar-refractivity contribution is 4.91. The van der Waals surface area contributed by atoms with E-state index in [-0.39, 0.29) is 11.9 Å². The van der Waals surface area contributed by atoms with Gasteiger partial charge in [0.15, 0.2) is 5.79 Å². The van der Waals surface area contributed by atoms with Gasteiger partial charge in [0.1, 0.15) is 0 Å². The lowest BCUT2D eigenvalue weighted by molar-refractivity contribution is -0.198. The second kappa shape index (κ2) is 10.1. The van der Waals surface area contributed by atoms with E-state index >= 15 is 0 Å². The van der Waals surface area contributed by atoms with Crippen LogP contribution in [0.4, 0.5) is 0 Å². The van der Waals surface area contributed by atoms with Crippen molar-refractivity contribution in [2.45, 2.75) is 105 Å². The molecular weight excluding hydrogens is 346 g/mol. The zero-order valence-corrected chi connectivity index (χ0v) is 19.7. The van der Waals surface area contributed by atoms with Gasteiger partial charge in [0, 0.05) is 25.9 Å². The summed E-state index contributed by atoms with van der Waals surface area (Å²) in [6.45, 7) is 22.2. The molecular formula is C25H47NO2. The summed E-state index contributed by atoms with van der Waals surface area (Å²) in [5, 5.41) is 0. The maximum absolute atomic E-state index is 6.51. The molecule has 1 heterocycles. The lowest BCUT2D eigenvalue weighted by Gasteiger charge is -2.45. The maximum atomic E-state index is 6.51. The van der Waals surface area contributed by atoms with Crippen molar-refractivity contribution >= 4 is 0 Å². The smallest absolute Gasteiger partial charge is 0.168 e. The molecule has 2 fully saturated rings. The van der Waals surface area contributed by atoms with E-state index in [0.29, 0.717) is 10.8 Å². The molecule has 28 heavy (non-hydrogen) atoms. The molecule has 0 N–H and O–H groups in total. The minimum Gasteiger partial charge on any atom is -0.347 e. The number of hydrogen-bond acceptors (Lipinski definition) is 3. The molecule has 1 saturated carbocycles.